The topological polar surface area (TPSA) is 3.24 Å². The van der Waals surface area contributed by atoms with E-state index in [1.165, 1.54) is 141 Å². The largest absolute Gasteiger partial charge is 0.340 e. The van der Waals surface area contributed by atoms with E-state index in [9.17, 15) is 0 Å². The third-order valence-electron chi connectivity index (χ3n) is 8.85. The fourth-order valence-electron chi connectivity index (χ4n) is 6.47. The second-order valence-electron chi connectivity index (χ2n) is 12.1. The minimum atomic E-state index is 1.07. The van der Waals surface area contributed by atoms with Crippen molar-refractivity contribution in [1.29, 1.82) is 0 Å². The van der Waals surface area contributed by atoms with E-state index in [0.29, 0.717) is 0 Å². The van der Waals surface area contributed by atoms with Crippen molar-refractivity contribution in [3.63, 3.8) is 0 Å². The zero-order chi connectivity index (χ0) is 28.5. The molecule has 220 valence electrons. The van der Waals surface area contributed by atoms with E-state index in [1.807, 2.05) is 0 Å². The molecule has 0 amide bonds. The van der Waals surface area contributed by atoms with Gasteiger partial charge in [-0.25, -0.2) is 0 Å². The quantitative estimate of drug-likeness (QED) is 0.0991. The molecule has 0 aliphatic heterocycles. The summed E-state index contributed by atoms with van der Waals surface area (Å²) < 4.78 is 0. The number of fused-ring (bicyclic) bond motifs is 2. The van der Waals surface area contributed by atoms with Gasteiger partial charge < -0.3 is 4.90 Å². The molecular weight excluding hydrogens is 494 g/mol. The molecule has 4 aromatic rings. The van der Waals surface area contributed by atoms with Gasteiger partial charge in [0, 0.05) is 23.0 Å². The number of rotatable bonds is 20. The SMILES string of the molecule is CCCCCCCCCCc1ccc2ccccc2c1N(CCCCCCCCCC)c1cccc2ccccc12. The Morgan fingerprint density at radius 1 is 0.439 bits per heavy atom. The first-order valence-electron chi connectivity index (χ1n) is 17.1. The molecule has 0 heterocycles. The number of unbranched alkanes of at least 4 members (excludes halogenated alkanes) is 14. The molecule has 41 heavy (non-hydrogen) atoms. The summed E-state index contributed by atoms with van der Waals surface area (Å²) in [7, 11) is 0. The molecule has 0 atom stereocenters. The molecule has 0 unspecified atom stereocenters. The average Bonchev–Trinajstić information content (AvgIpc) is 3.01. The summed E-state index contributed by atoms with van der Waals surface area (Å²) in [6.07, 6.45) is 22.9. The maximum Gasteiger partial charge on any atom is 0.0523 e. The van der Waals surface area contributed by atoms with E-state index < -0.39 is 0 Å². The van der Waals surface area contributed by atoms with Crippen molar-refractivity contribution >= 4 is 32.9 Å². The molecule has 0 N–H and O–H groups in total. The second-order valence-corrected chi connectivity index (χ2v) is 12.1. The van der Waals surface area contributed by atoms with Crippen LogP contribution in [0.2, 0.25) is 0 Å². The van der Waals surface area contributed by atoms with Crippen LogP contribution in [-0.4, -0.2) is 6.54 Å². The minimum Gasteiger partial charge on any atom is -0.340 e. The van der Waals surface area contributed by atoms with E-state index in [4.69, 9.17) is 0 Å². The lowest BCUT2D eigenvalue weighted by molar-refractivity contribution is 0.574. The van der Waals surface area contributed by atoms with Gasteiger partial charge in [0.2, 0.25) is 0 Å². The smallest absolute Gasteiger partial charge is 0.0523 e. The average molecular weight is 550 g/mol. The van der Waals surface area contributed by atoms with Crippen molar-refractivity contribution in [3.8, 4) is 0 Å². The number of nitrogens with zero attached hydrogens (tertiary/aromatic N) is 1. The summed E-state index contributed by atoms with van der Waals surface area (Å²) in [6.45, 7) is 5.68. The highest BCUT2D eigenvalue weighted by Gasteiger charge is 2.18. The molecule has 0 radical (unpaired) electrons. The Balaban J connectivity index is 1.57. The van der Waals surface area contributed by atoms with Crippen LogP contribution in [0.25, 0.3) is 21.5 Å². The van der Waals surface area contributed by atoms with Gasteiger partial charge >= 0.3 is 0 Å². The lowest BCUT2D eigenvalue weighted by atomic mass is 9.96. The van der Waals surface area contributed by atoms with Crippen molar-refractivity contribution < 1.29 is 0 Å². The fraction of sp³-hybridized carbons (Fsp3) is 0.500. The fourth-order valence-corrected chi connectivity index (χ4v) is 6.47. The van der Waals surface area contributed by atoms with Gasteiger partial charge in [-0.05, 0) is 41.7 Å². The first kappa shape index (κ1) is 31.1. The van der Waals surface area contributed by atoms with E-state index in [1.54, 1.807) is 0 Å². The monoisotopic (exact) mass is 549 g/mol. The molecule has 4 aromatic carbocycles. The molecule has 0 saturated heterocycles. The summed E-state index contributed by atoms with van der Waals surface area (Å²) in [5.74, 6) is 0. The Labute approximate surface area is 251 Å². The summed E-state index contributed by atoms with van der Waals surface area (Å²) in [6, 6.07) is 29.7. The highest BCUT2D eigenvalue weighted by Crippen LogP contribution is 2.39. The number of hydrogen-bond acceptors (Lipinski definition) is 1. The van der Waals surface area contributed by atoms with E-state index in [0.717, 1.165) is 13.0 Å². The van der Waals surface area contributed by atoms with Gasteiger partial charge in [0.05, 0.1) is 5.69 Å². The Hall–Kier alpha value is -2.80. The van der Waals surface area contributed by atoms with Crippen molar-refractivity contribution in [2.45, 2.75) is 123 Å². The molecule has 0 aliphatic carbocycles. The number of aryl methyl sites for hydroxylation is 1. The maximum absolute atomic E-state index is 2.70. The normalized spacial score (nSPS) is 11.5. The molecular formula is C40H55N. The maximum atomic E-state index is 2.70. The van der Waals surface area contributed by atoms with E-state index in [-0.39, 0.29) is 0 Å². The number of benzene rings is 4. The van der Waals surface area contributed by atoms with Gasteiger partial charge in [0.1, 0.15) is 0 Å². The van der Waals surface area contributed by atoms with Crippen molar-refractivity contribution in [2.75, 3.05) is 11.4 Å². The predicted octanol–water partition coefficient (Wildman–Crippen LogP) is 13.0. The van der Waals surface area contributed by atoms with Crippen LogP contribution >= 0.6 is 0 Å². The molecule has 0 spiro atoms. The van der Waals surface area contributed by atoms with Gasteiger partial charge in [-0.3, -0.25) is 0 Å². The molecule has 0 bridgehead atoms. The standard InChI is InChI=1S/C40H55N/c1-3-5-7-9-11-13-15-17-26-36-32-31-35-25-19-21-29-38(35)40(36)41(33-22-16-14-12-10-8-6-4-2)39-30-23-27-34-24-18-20-28-37(34)39/h18-21,23-25,27-32H,3-17,22,26,33H2,1-2H3. The van der Waals surface area contributed by atoms with Crippen LogP contribution < -0.4 is 4.90 Å². The minimum absolute atomic E-state index is 1.07. The zero-order valence-corrected chi connectivity index (χ0v) is 26.2. The molecule has 4 rings (SSSR count). The Morgan fingerprint density at radius 2 is 0.951 bits per heavy atom. The van der Waals surface area contributed by atoms with Gasteiger partial charge in [0.15, 0.2) is 0 Å². The van der Waals surface area contributed by atoms with Crippen molar-refractivity contribution in [3.05, 3.63) is 84.4 Å². The predicted molar refractivity (Wildman–Crippen MR) is 184 cm³/mol. The summed E-state index contributed by atoms with van der Waals surface area (Å²) in [4.78, 5) is 2.70. The summed E-state index contributed by atoms with van der Waals surface area (Å²) >= 11 is 0. The van der Waals surface area contributed by atoms with Crippen LogP contribution in [0, 0.1) is 0 Å². The molecule has 0 aliphatic rings. The van der Waals surface area contributed by atoms with Crippen LogP contribution in [0.4, 0.5) is 11.4 Å². The highest BCUT2D eigenvalue weighted by molar-refractivity contribution is 6.02. The Kier molecular flexibility index (Phi) is 13.6. The highest BCUT2D eigenvalue weighted by atomic mass is 15.1. The lowest BCUT2D eigenvalue weighted by Gasteiger charge is -2.30. The summed E-state index contributed by atoms with van der Waals surface area (Å²) in [5, 5.41) is 5.44. The number of hydrogen-bond donors (Lipinski definition) is 0. The Morgan fingerprint density at radius 3 is 1.61 bits per heavy atom. The van der Waals surface area contributed by atoms with E-state index in [2.05, 4.69) is 97.6 Å². The third kappa shape index (κ3) is 9.35. The van der Waals surface area contributed by atoms with Crippen LogP contribution in [0.1, 0.15) is 122 Å². The third-order valence-corrected chi connectivity index (χ3v) is 8.85. The molecule has 0 fully saturated rings. The zero-order valence-electron chi connectivity index (χ0n) is 26.2. The van der Waals surface area contributed by atoms with Crippen LogP contribution in [0.15, 0.2) is 78.9 Å². The van der Waals surface area contributed by atoms with Crippen LogP contribution in [0.3, 0.4) is 0 Å². The van der Waals surface area contributed by atoms with E-state index >= 15 is 0 Å². The summed E-state index contributed by atoms with van der Waals surface area (Å²) in [5.41, 5.74) is 4.33. The van der Waals surface area contributed by atoms with Crippen LogP contribution in [0.5, 0.6) is 0 Å². The first-order valence-corrected chi connectivity index (χ1v) is 17.1. The molecule has 0 saturated carbocycles. The number of anilines is 2. The van der Waals surface area contributed by atoms with Gasteiger partial charge in [0.25, 0.3) is 0 Å². The molecule has 0 aromatic heterocycles. The van der Waals surface area contributed by atoms with Crippen LogP contribution in [-0.2, 0) is 6.42 Å². The van der Waals surface area contributed by atoms with Gasteiger partial charge in [-0.2, -0.15) is 0 Å². The van der Waals surface area contributed by atoms with Crippen molar-refractivity contribution in [2.24, 2.45) is 0 Å². The van der Waals surface area contributed by atoms with Gasteiger partial charge in [-0.1, -0.05) is 177 Å². The Bertz CT molecular complexity index is 1280. The second kappa shape index (κ2) is 17.9. The van der Waals surface area contributed by atoms with Gasteiger partial charge in [-0.15, -0.1) is 0 Å². The first-order chi connectivity index (χ1) is 20.3. The van der Waals surface area contributed by atoms with Crippen molar-refractivity contribution in [1.82, 2.24) is 0 Å². The lowest BCUT2D eigenvalue weighted by Crippen LogP contribution is -2.21. The molecule has 1 heteroatoms. The molecule has 1 nitrogen and oxygen atoms in total.